The van der Waals surface area contributed by atoms with Crippen LogP contribution in [0.25, 0.3) is 10.8 Å². The molecule has 1 aromatic heterocycles. The van der Waals surface area contributed by atoms with E-state index >= 15 is 0 Å². The zero-order valence-electron chi connectivity index (χ0n) is 8.24. The van der Waals surface area contributed by atoms with Gasteiger partial charge in [0.15, 0.2) is 5.78 Å². The lowest BCUT2D eigenvalue weighted by atomic mass is 10.0. The van der Waals surface area contributed by atoms with Gasteiger partial charge in [0.05, 0.1) is 0 Å². The molecule has 0 N–H and O–H groups in total. The van der Waals surface area contributed by atoms with Crippen LogP contribution in [0.3, 0.4) is 0 Å². The minimum absolute atomic E-state index is 0.0184. The number of hydrogen-bond donors (Lipinski definition) is 0. The molecule has 0 unspecified atom stereocenters. The summed E-state index contributed by atoms with van der Waals surface area (Å²) in [5, 5.41) is 2.05. The van der Waals surface area contributed by atoms with Crippen molar-refractivity contribution in [3.8, 4) is 0 Å². The predicted octanol–water partition coefficient (Wildman–Crippen LogP) is 2.75. The number of pyridine rings is 1. The highest BCUT2D eigenvalue weighted by Gasteiger charge is 2.08. The Morgan fingerprint density at radius 2 is 2.07 bits per heavy atom. The number of rotatable bonds is 1. The van der Waals surface area contributed by atoms with Crippen molar-refractivity contribution in [1.82, 2.24) is 4.98 Å². The van der Waals surface area contributed by atoms with E-state index in [1.54, 1.807) is 13.1 Å². The molecule has 0 saturated carbocycles. The van der Waals surface area contributed by atoms with Crippen LogP contribution >= 0.6 is 0 Å². The van der Waals surface area contributed by atoms with Crippen molar-refractivity contribution in [2.24, 2.45) is 0 Å². The minimum atomic E-state index is 0.0184. The van der Waals surface area contributed by atoms with Gasteiger partial charge in [-0.3, -0.25) is 9.78 Å². The van der Waals surface area contributed by atoms with Crippen LogP contribution < -0.4 is 0 Å². The summed E-state index contributed by atoms with van der Waals surface area (Å²) in [7, 11) is 0. The number of benzene rings is 1. The molecule has 0 saturated heterocycles. The summed E-state index contributed by atoms with van der Waals surface area (Å²) in [6.07, 6.45) is 1.68. The quantitative estimate of drug-likeness (QED) is 0.639. The molecule has 0 aliphatic rings. The molecule has 0 bridgehead atoms. The molecule has 0 amide bonds. The zero-order chi connectivity index (χ0) is 10.1. The Morgan fingerprint density at radius 3 is 2.79 bits per heavy atom. The number of carbonyl (C=O) groups excluding carboxylic acids is 1. The summed E-state index contributed by atoms with van der Waals surface area (Å²) >= 11 is 0. The third-order valence-electron chi connectivity index (χ3n) is 2.33. The first-order chi connectivity index (χ1) is 6.70. The van der Waals surface area contributed by atoms with E-state index in [1.807, 2.05) is 31.2 Å². The molecule has 0 spiro atoms. The number of Topliss-reactive ketones (excluding diaryl/α,β-unsaturated/α-hetero) is 1. The summed E-state index contributed by atoms with van der Waals surface area (Å²) in [5.74, 6) is 0.0184. The average Bonchev–Trinajstić information content (AvgIpc) is 2.17. The van der Waals surface area contributed by atoms with Crippen molar-refractivity contribution in [3.63, 3.8) is 0 Å². The van der Waals surface area contributed by atoms with Crippen molar-refractivity contribution < 1.29 is 4.79 Å². The molecule has 2 nitrogen and oxygen atoms in total. The van der Waals surface area contributed by atoms with E-state index in [9.17, 15) is 4.79 Å². The number of aryl methyl sites for hydroxylation is 1. The topological polar surface area (TPSA) is 30.0 Å². The van der Waals surface area contributed by atoms with E-state index in [0.29, 0.717) is 5.69 Å². The fourth-order valence-corrected chi connectivity index (χ4v) is 1.68. The lowest BCUT2D eigenvalue weighted by Gasteiger charge is -2.04. The van der Waals surface area contributed by atoms with Gasteiger partial charge in [-0.05, 0) is 23.9 Å². The number of aromatic nitrogens is 1. The highest BCUT2D eigenvalue weighted by atomic mass is 16.1. The molecule has 1 heterocycles. The Kier molecular flexibility index (Phi) is 2.04. The Morgan fingerprint density at radius 1 is 1.29 bits per heavy atom. The van der Waals surface area contributed by atoms with Gasteiger partial charge in [0.25, 0.3) is 0 Å². The van der Waals surface area contributed by atoms with Gasteiger partial charge >= 0.3 is 0 Å². The highest BCUT2D eigenvalue weighted by molar-refractivity contribution is 6.06. The zero-order valence-corrected chi connectivity index (χ0v) is 8.24. The van der Waals surface area contributed by atoms with Gasteiger partial charge < -0.3 is 0 Å². The van der Waals surface area contributed by atoms with Crippen LogP contribution in [-0.4, -0.2) is 10.8 Å². The van der Waals surface area contributed by atoms with Crippen LogP contribution in [0.2, 0.25) is 0 Å². The molecule has 2 aromatic rings. The number of ketones is 1. The maximum atomic E-state index is 11.3. The van der Waals surface area contributed by atoms with E-state index < -0.39 is 0 Å². The van der Waals surface area contributed by atoms with Crippen LogP contribution in [0.5, 0.6) is 0 Å². The monoisotopic (exact) mass is 185 g/mol. The van der Waals surface area contributed by atoms with Crippen LogP contribution in [0.1, 0.15) is 23.0 Å². The summed E-state index contributed by atoms with van der Waals surface area (Å²) in [6.45, 7) is 3.55. The molecule has 0 aliphatic heterocycles. The number of nitrogens with zero attached hydrogens (tertiary/aromatic N) is 1. The van der Waals surface area contributed by atoms with Crippen molar-refractivity contribution in [2.45, 2.75) is 13.8 Å². The Bertz CT molecular complexity index is 497. The summed E-state index contributed by atoms with van der Waals surface area (Å²) < 4.78 is 0. The van der Waals surface area contributed by atoms with Crippen LogP contribution in [-0.2, 0) is 0 Å². The summed E-state index contributed by atoms with van der Waals surface area (Å²) in [5.41, 5.74) is 1.67. The van der Waals surface area contributed by atoms with Gasteiger partial charge in [0, 0.05) is 18.5 Å². The van der Waals surface area contributed by atoms with Gasteiger partial charge in [-0.15, -0.1) is 0 Å². The first-order valence-corrected chi connectivity index (χ1v) is 4.55. The Hall–Kier alpha value is -1.70. The molecule has 1 aromatic carbocycles. The van der Waals surface area contributed by atoms with Gasteiger partial charge in [-0.2, -0.15) is 0 Å². The molecule has 14 heavy (non-hydrogen) atoms. The van der Waals surface area contributed by atoms with Gasteiger partial charge in [-0.25, -0.2) is 0 Å². The Labute approximate surface area is 82.6 Å². The smallest absolute Gasteiger partial charge is 0.178 e. The van der Waals surface area contributed by atoms with Crippen LogP contribution in [0, 0.1) is 6.92 Å². The summed E-state index contributed by atoms with van der Waals surface area (Å²) in [6, 6.07) is 7.91. The maximum absolute atomic E-state index is 11.3. The van der Waals surface area contributed by atoms with Crippen molar-refractivity contribution in [1.29, 1.82) is 0 Å². The van der Waals surface area contributed by atoms with Gasteiger partial charge in [0.2, 0.25) is 0 Å². The summed E-state index contributed by atoms with van der Waals surface area (Å²) in [4.78, 5) is 15.5. The lowest BCUT2D eigenvalue weighted by Crippen LogP contribution is -1.98. The van der Waals surface area contributed by atoms with Crippen molar-refractivity contribution in [3.05, 3.63) is 41.7 Å². The number of carbonyl (C=O) groups is 1. The number of fused-ring (bicyclic) bond motifs is 1. The SMILES string of the molecule is CC(=O)c1nccc2cccc(C)c12. The van der Waals surface area contributed by atoms with E-state index in [-0.39, 0.29) is 5.78 Å². The second kappa shape index (κ2) is 3.22. The molecule has 2 rings (SSSR count). The third-order valence-corrected chi connectivity index (χ3v) is 2.33. The van der Waals surface area contributed by atoms with Gasteiger partial charge in [-0.1, -0.05) is 18.2 Å². The molecule has 2 heteroatoms. The molecular formula is C12H11NO. The molecule has 0 atom stereocenters. The second-order valence-electron chi connectivity index (χ2n) is 3.39. The predicted molar refractivity (Wildman–Crippen MR) is 56.5 cm³/mol. The molecular weight excluding hydrogens is 174 g/mol. The van der Waals surface area contributed by atoms with E-state index in [1.165, 1.54) is 0 Å². The van der Waals surface area contributed by atoms with Crippen molar-refractivity contribution >= 4 is 16.6 Å². The van der Waals surface area contributed by atoms with E-state index in [4.69, 9.17) is 0 Å². The maximum Gasteiger partial charge on any atom is 0.178 e. The lowest BCUT2D eigenvalue weighted by molar-refractivity contribution is 0.101. The van der Waals surface area contributed by atoms with E-state index in [2.05, 4.69) is 4.98 Å². The standard InChI is InChI=1S/C12H11NO/c1-8-4-3-5-10-6-7-13-12(9(2)14)11(8)10/h3-7H,1-2H3. The normalized spacial score (nSPS) is 10.4. The molecule has 70 valence electrons. The van der Waals surface area contributed by atoms with E-state index in [0.717, 1.165) is 16.3 Å². The molecule has 0 fully saturated rings. The van der Waals surface area contributed by atoms with Crippen LogP contribution in [0.4, 0.5) is 0 Å². The van der Waals surface area contributed by atoms with Crippen molar-refractivity contribution in [2.75, 3.05) is 0 Å². The minimum Gasteiger partial charge on any atom is -0.293 e. The third kappa shape index (κ3) is 1.29. The fraction of sp³-hybridized carbons (Fsp3) is 0.167. The number of hydrogen-bond acceptors (Lipinski definition) is 2. The second-order valence-corrected chi connectivity index (χ2v) is 3.39. The molecule has 0 radical (unpaired) electrons. The molecule has 0 aliphatic carbocycles. The Balaban J connectivity index is 2.91. The van der Waals surface area contributed by atoms with Crippen LogP contribution in [0.15, 0.2) is 30.5 Å². The van der Waals surface area contributed by atoms with Gasteiger partial charge in [0.1, 0.15) is 5.69 Å². The highest BCUT2D eigenvalue weighted by Crippen LogP contribution is 2.20. The average molecular weight is 185 g/mol. The first-order valence-electron chi connectivity index (χ1n) is 4.55. The largest absolute Gasteiger partial charge is 0.293 e. The first kappa shape index (κ1) is 8.88. The fourth-order valence-electron chi connectivity index (χ4n) is 1.68.